The third-order valence-corrected chi connectivity index (χ3v) is 8.79. The molecule has 1 aromatic rings. The fourth-order valence-corrected chi connectivity index (χ4v) is 10.3. The van der Waals surface area contributed by atoms with Crippen LogP contribution in [0.2, 0.25) is 45.3 Å². The Morgan fingerprint density at radius 3 is 2.10 bits per heavy atom. The molecule has 176 valence electrons. The van der Waals surface area contributed by atoms with Crippen LogP contribution in [0.5, 0.6) is 11.5 Å². The van der Waals surface area contributed by atoms with Gasteiger partial charge in [0.25, 0.3) is 0 Å². The standard InChI is InChI=1S/C22H40O6Si3/c1-16(14-15-29-22(27-30(4,5)6)28-31(7,8)9)20-17(11-13-19(23)24)10-12-18(25-2)21(20)26-3/h10-13,16,22H,14-15,29H2,1-9H3,(H,23,24). The fourth-order valence-electron chi connectivity index (χ4n) is 3.45. The second kappa shape index (κ2) is 12.0. The molecule has 1 unspecified atom stereocenters. The summed E-state index contributed by atoms with van der Waals surface area (Å²) in [6, 6.07) is 4.75. The quantitative estimate of drug-likeness (QED) is 0.245. The van der Waals surface area contributed by atoms with Gasteiger partial charge in [-0.05, 0) is 69.3 Å². The Kier molecular flexibility index (Phi) is 10.7. The van der Waals surface area contributed by atoms with E-state index in [0.717, 1.165) is 29.7 Å². The van der Waals surface area contributed by atoms with E-state index in [0.29, 0.717) is 11.5 Å². The molecule has 0 saturated heterocycles. The van der Waals surface area contributed by atoms with Crippen molar-refractivity contribution in [3.05, 3.63) is 29.3 Å². The van der Waals surface area contributed by atoms with Gasteiger partial charge in [-0.2, -0.15) is 0 Å². The van der Waals surface area contributed by atoms with Gasteiger partial charge >= 0.3 is 5.97 Å². The zero-order valence-electron chi connectivity index (χ0n) is 20.6. The van der Waals surface area contributed by atoms with E-state index in [1.807, 2.05) is 12.1 Å². The molecule has 0 radical (unpaired) electrons. The highest BCUT2D eigenvalue weighted by molar-refractivity contribution is 6.71. The summed E-state index contributed by atoms with van der Waals surface area (Å²) in [5, 5.41) is 9.06. The van der Waals surface area contributed by atoms with Gasteiger partial charge in [0, 0.05) is 11.6 Å². The Hall–Kier alpha value is -1.40. The number of benzene rings is 1. The molecule has 6 nitrogen and oxygen atoms in total. The second-order valence-corrected chi connectivity index (χ2v) is 20.6. The number of carboxylic acid groups (broad SMARTS) is 1. The van der Waals surface area contributed by atoms with E-state index in [-0.39, 0.29) is 11.8 Å². The van der Waals surface area contributed by atoms with Crippen LogP contribution < -0.4 is 9.47 Å². The van der Waals surface area contributed by atoms with E-state index >= 15 is 0 Å². The largest absolute Gasteiger partial charge is 0.493 e. The molecule has 0 fully saturated rings. The molecule has 9 heteroatoms. The number of methoxy groups -OCH3 is 2. The second-order valence-electron chi connectivity index (χ2n) is 9.70. The average Bonchev–Trinajstić information content (AvgIpc) is 2.62. The number of hydrogen-bond donors (Lipinski definition) is 1. The summed E-state index contributed by atoms with van der Waals surface area (Å²) in [7, 11) is -0.760. The summed E-state index contributed by atoms with van der Waals surface area (Å²) in [5.41, 5.74) is 1.81. The summed E-state index contributed by atoms with van der Waals surface area (Å²) in [6.07, 6.45) is 3.73. The van der Waals surface area contributed by atoms with Crippen molar-refractivity contribution in [3.63, 3.8) is 0 Å². The minimum atomic E-state index is -1.69. The molecule has 1 atom stereocenters. The highest BCUT2D eigenvalue weighted by atomic mass is 28.4. The molecular weight excluding hydrogens is 444 g/mol. The third-order valence-electron chi connectivity index (χ3n) is 4.56. The summed E-state index contributed by atoms with van der Waals surface area (Å²) in [4.78, 5) is 11.0. The van der Waals surface area contributed by atoms with Gasteiger partial charge in [0.1, 0.15) is 5.91 Å². The van der Waals surface area contributed by atoms with Crippen molar-refractivity contribution >= 4 is 38.2 Å². The first kappa shape index (κ1) is 27.6. The zero-order chi connectivity index (χ0) is 23.8. The maximum Gasteiger partial charge on any atom is 0.328 e. The number of carbonyl (C=O) groups is 1. The first-order valence-electron chi connectivity index (χ1n) is 10.8. The van der Waals surface area contributed by atoms with Crippen LogP contribution in [-0.2, 0) is 13.6 Å². The van der Waals surface area contributed by atoms with Gasteiger partial charge in [0.15, 0.2) is 28.1 Å². The van der Waals surface area contributed by atoms with Crippen LogP contribution >= 0.6 is 0 Å². The topological polar surface area (TPSA) is 74.2 Å². The van der Waals surface area contributed by atoms with Crippen LogP contribution in [0, 0.1) is 0 Å². The first-order valence-corrected chi connectivity index (χ1v) is 19.4. The highest BCUT2D eigenvalue weighted by Crippen LogP contribution is 2.40. The highest BCUT2D eigenvalue weighted by Gasteiger charge is 2.27. The van der Waals surface area contributed by atoms with Gasteiger partial charge in [0.2, 0.25) is 0 Å². The lowest BCUT2D eigenvalue weighted by Crippen LogP contribution is -2.43. The lowest BCUT2D eigenvalue weighted by molar-refractivity contribution is -0.131. The van der Waals surface area contributed by atoms with Crippen molar-refractivity contribution in [2.45, 2.75) is 70.5 Å². The Morgan fingerprint density at radius 1 is 1.06 bits per heavy atom. The Labute approximate surface area is 192 Å². The average molecular weight is 485 g/mol. The van der Waals surface area contributed by atoms with Gasteiger partial charge in [-0.25, -0.2) is 4.79 Å². The van der Waals surface area contributed by atoms with Crippen LogP contribution in [0.3, 0.4) is 0 Å². The van der Waals surface area contributed by atoms with E-state index in [1.54, 1.807) is 20.3 Å². The van der Waals surface area contributed by atoms with Crippen molar-refractivity contribution in [1.82, 2.24) is 0 Å². The molecule has 0 aromatic heterocycles. The van der Waals surface area contributed by atoms with Crippen molar-refractivity contribution in [3.8, 4) is 11.5 Å². The van der Waals surface area contributed by atoms with E-state index in [1.165, 1.54) is 0 Å². The molecule has 31 heavy (non-hydrogen) atoms. The molecule has 0 heterocycles. The van der Waals surface area contributed by atoms with Gasteiger partial charge in [-0.1, -0.05) is 19.0 Å². The SMILES string of the molecule is COc1ccc(C=CC(=O)O)c(C(C)CC[SiH2]C(O[Si](C)(C)C)O[Si](C)(C)C)c1OC. The molecule has 1 rings (SSSR count). The maximum atomic E-state index is 11.0. The molecule has 0 spiro atoms. The number of aliphatic carboxylic acids is 1. The molecule has 0 amide bonds. The molecule has 1 N–H and O–H groups in total. The van der Waals surface area contributed by atoms with Crippen LogP contribution in [0.15, 0.2) is 18.2 Å². The Bertz CT molecular complexity index is 737. The predicted octanol–water partition coefficient (Wildman–Crippen LogP) is 4.87. The number of ether oxygens (including phenoxy) is 2. The molecule has 0 aliphatic heterocycles. The normalized spacial score (nSPS) is 14.0. The lowest BCUT2D eigenvalue weighted by Gasteiger charge is -2.32. The fraction of sp³-hybridized carbons (Fsp3) is 0.591. The number of rotatable bonds is 13. The molecule has 1 aromatic carbocycles. The first-order chi connectivity index (χ1) is 14.3. The molecule has 0 aliphatic carbocycles. The van der Waals surface area contributed by atoms with Gasteiger partial charge < -0.3 is 23.4 Å². The van der Waals surface area contributed by atoms with Crippen molar-refractivity contribution in [2.75, 3.05) is 14.2 Å². The van der Waals surface area contributed by atoms with Crippen LogP contribution in [0.4, 0.5) is 0 Å². The van der Waals surface area contributed by atoms with Crippen molar-refractivity contribution in [2.24, 2.45) is 0 Å². The Balaban J connectivity index is 3.05. The zero-order valence-corrected chi connectivity index (χ0v) is 24.0. The third kappa shape index (κ3) is 10.2. The lowest BCUT2D eigenvalue weighted by atomic mass is 9.92. The van der Waals surface area contributed by atoms with Gasteiger partial charge in [-0.3, -0.25) is 0 Å². The minimum absolute atomic E-state index is 0.0379. The van der Waals surface area contributed by atoms with E-state index in [9.17, 15) is 4.79 Å². The van der Waals surface area contributed by atoms with Crippen molar-refractivity contribution < 1.29 is 28.2 Å². The molecule has 0 saturated carbocycles. The van der Waals surface area contributed by atoms with Crippen LogP contribution in [-0.4, -0.2) is 57.4 Å². The summed E-state index contributed by atoms with van der Waals surface area (Å²) >= 11 is 0. The van der Waals surface area contributed by atoms with Gasteiger partial charge in [-0.15, -0.1) is 0 Å². The smallest absolute Gasteiger partial charge is 0.328 e. The number of carboxylic acids is 1. The van der Waals surface area contributed by atoms with E-state index < -0.39 is 32.1 Å². The Morgan fingerprint density at radius 2 is 1.65 bits per heavy atom. The van der Waals surface area contributed by atoms with E-state index in [2.05, 4.69) is 46.2 Å². The number of hydrogen-bond acceptors (Lipinski definition) is 5. The summed E-state index contributed by atoms with van der Waals surface area (Å²) in [6.45, 7) is 15.4. The predicted molar refractivity (Wildman–Crippen MR) is 135 cm³/mol. The van der Waals surface area contributed by atoms with E-state index in [4.69, 9.17) is 23.4 Å². The minimum Gasteiger partial charge on any atom is -0.493 e. The van der Waals surface area contributed by atoms with Crippen molar-refractivity contribution in [1.29, 1.82) is 0 Å². The molecular formula is C22H40O6Si3. The molecule has 0 bridgehead atoms. The monoisotopic (exact) mass is 484 g/mol. The van der Waals surface area contributed by atoms with Crippen LogP contribution in [0.1, 0.15) is 30.4 Å². The summed E-state index contributed by atoms with van der Waals surface area (Å²) in [5.74, 6) is 0.471. The van der Waals surface area contributed by atoms with Crippen LogP contribution in [0.25, 0.3) is 6.08 Å². The summed E-state index contributed by atoms with van der Waals surface area (Å²) < 4.78 is 23.9. The maximum absolute atomic E-state index is 11.0. The van der Waals surface area contributed by atoms with Gasteiger partial charge in [0.05, 0.1) is 23.7 Å². The molecule has 0 aliphatic rings.